The third-order valence-corrected chi connectivity index (χ3v) is 2.93. The van der Waals surface area contributed by atoms with Crippen molar-refractivity contribution in [1.82, 2.24) is 9.38 Å². The fourth-order valence-electron chi connectivity index (χ4n) is 1.55. The molecule has 5 heteroatoms. The van der Waals surface area contributed by atoms with Gasteiger partial charge >= 0.3 is 5.97 Å². The van der Waals surface area contributed by atoms with E-state index >= 15 is 0 Å². The van der Waals surface area contributed by atoms with Gasteiger partial charge in [-0.3, -0.25) is 4.79 Å². The summed E-state index contributed by atoms with van der Waals surface area (Å²) in [5, 5.41) is 0. The lowest BCUT2D eigenvalue weighted by molar-refractivity contribution is -0.139. The van der Waals surface area contributed by atoms with Crippen LogP contribution >= 0.6 is 15.9 Å². The maximum absolute atomic E-state index is 11.2. The van der Waals surface area contributed by atoms with Crippen molar-refractivity contribution in [2.45, 2.75) is 13.3 Å². The predicted molar refractivity (Wildman–Crippen MR) is 63.3 cm³/mol. The highest BCUT2D eigenvalue weighted by Gasteiger charge is 2.11. The van der Waals surface area contributed by atoms with E-state index in [4.69, 9.17) is 0 Å². The van der Waals surface area contributed by atoms with Crippen LogP contribution in [0.25, 0.3) is 5.65 Å². The summed E-state index contributed by atoms with van der Waals surface area (Å²) in [6, 6.07) is 3.79. The van der Waals surface area contributed by atoms with Gasteiger partial charge in [0.2, 0.25) is 0 Å². The van der Waals surface area contributed by atoms with Crippen LogP contribution in [0.1, 0.15) is 11.4 Å². The minimum Gasteiger partial charge on any atom is -0.469 e. The molecule has 4 nitrogen and oxygen atoms in total. The number of hydrogen-bond donors (Lipinski definition) is 0. The number of methoxy groups -OCH3 is 1. The van der Waals surface area contributed by atoms with Crippen molar-refractivity contribution in [2.24, 2.45) is 0 Å². The number of fused-ring (bicyclic) bond motifs is 1. The normalized spacial score (nSPS) is 10.7. The first-order valence-corrected chi connectivity index (χ1v) is 5.61. The van der Waals surface area contributed by atoms with Gasteiger partial charge in [0.1, 0.15) is 0 Å². The second-order valence-corrected chi connectivity index (χ2v) is 4.35. The number of nitrogens with zero attached hydrogens (tertiary/aromatic N) is 2. The van der Waals surface area contributed by atoms with Crippen molar-refractivity contribution in [3.8, 4) is 0 Å². The molecule has 0 saturated carbocycles. The van der Waals surface area contributed by atoms with Crippen molar-refractivity contribution < 1.29 is 9.53 Å². The summed E-state index contributed by atoms with van der Waals surface area (Å²) in [5.74, 6) is -0.257. The number of ether oxygens (including phenoxy) is 1. The average molecular weight is 283 g/mol. The van der Waals surface area contributed by atoms with Crippen LogP contribution in [0.15, 0.2) is 22.8 Å². The number of esters is 1. The van der Waals surface area contributed by atoms with Gasteiger partial charge in [-0.15, -0.1) is 0 Å². The summed E-state index contributed by atoms with van der Waals surface area (Å²) in [6.45, 7) is 1.93. The highest BCUT2D eigenvalue weighted by Crippen LogP contribution is 2.21. The SMILES string of the molecule is COC(=O)Cc1cc(Br)c2nc(C)ccn12. The quantitative estimate of drug-likeness (QED) is 0.793. The molecule has 0 amide bonds. The molecule has 0 aliphatic rings. The number of aryl methyl sites for hydroxylation is 1. The standard InChI is InChI=1S/C11H11BrN2O2/c1-7-3-4-14-8(6-10(15)16-2)5-9(12)11(14)13-7/h3-5H,6H2,1-2H3. The van der Waals surface area contributed by atoms with Gasteiger partial charge in [0.25, 0.3) is 0 Å². The Morgan fingerprint density at radius 1 is 1.62 bits per heavy atom. The zero-order chi connectivity index (χ0) is 11.7. The van der Waals surface area contributed by atoms with Crippen LogP contribution in [0.4, 0.5) is 0 Å². The van der Waals surface area contributed by atoms with Gasteiger partial charge in [-0.1, -0.05) is 0 Å². The Balaban J connectivity index is 2.51. The zero-order valence-electron chi connectivity index (χ0n) is 9.03. The molecule has 16 heavy (non-hydrogen) atoms. The van der Waals surface area contributed by atoms with E-state index in [1.807, 2.05) is 29.7 Å². The molecular formula is C11H11BrN2O2. The molecule has 0 radical (unpaired) electrons. The molecule has 0 spiro atoms. The second kappa shape index (κ2) is 4.25. The molecule has 0 bridgehead atoms. The first-order valence-electron chi connectivity index (χ1n) is 4.81. The van der Waals surface area contributed by atoms with Gasteiger partial charge in [0.05, 0.1) is 18.0 Å². The monoisotopic (exact) mass is 282 g/mol. The molecule has 0 aliphatic carbocycles. The van der Waals surface area contributed by atoms with Gasteiger partial charge < -0.3 is 9.14 Å². The highest BCUT2D eigenvalue weighted by atomic mass is 79.9. The van der Waals surface area contributed by atoms with Crippen LogP contribution in [0, 0.1) is 6.92 Å². The number of hydrogen-bond acceptors (Lipinski definition) is 3. The Morgan fingerprint density at radius 2 is 2.38 bits per heavy atom. The highest BCUT2D eigenvalue weighted by molar-refractivity contribution is 9.10. The van der Waals surface area contributed by atoms with Crippen LogP contribution < -0.4 is 0 Å². The van der Waals surface area contributed by atoms with E-state index in [1.165, 1.54) is 7.11 Å². The van der Waals surface area contributed by atoms with Crippen LogP contribution in [0.5, 0.6) is 0 Å². The first-order chi connectivity index (χ1) is 7.61. The summed E-state index contributed by atoms with van der Waals surface area (Å²) in [7, 11) is 1.38. The summed E-state index contributed by atoms with van der Waals surface area (Å²) in [6.07, 6.45) is 2.15. The molecule has 0 fully saturated rings. The molecule has 0 aromatic carbocycles. The van der Waals surface area contributed by atoms with Crippen molar-refractivity contribution in [3.05, 3.63) is 34.2 Å². The molecule has 2 aromatic heterocycles. The lowest BCUT2D eigenvalue weighted by atomic mass is 10.3. The summed E-state index contributed by atoms with van der Waals surface area (Å²) < 4.78 is 7.42. The summed E-state index contributed by atoms with van der Waals surface area (Å²) in [5.41, 5.74) is 2.62. The number of halogens is 1. The Kier molecular flexibility index (Phi) is 2.96. The fourth-order valence-corrected chi connectivity index (χ4v) is 2.09. The van der Waals surface area contributed by atoms with Crippen LogP contribution in [0.3, 0.4) is 0 Å². The van der Waals surface area contributed by atoms with Crippen molar-refractivity contribution in [1.29, 1.82) is 0 Å². The third-order valence-electron chi connectivity index (χ3n) is 2.34. The van der Waals surface area contributed by atoms with Crippen molar-refractivity contribution in [2.75, 3.05) is 7.11 Å². The van der Waals surface area contributed by atoms with Crippen LogP contribution in [0.2, 0.25) is 0 Å². The van der Waals surface area contributed by atoms with E-state index in [0.717, 1.165) is 21.5 Å². The smallest absolute Gasteiger partial charge is 0.311 e. The molecule has 2 rings (SSSR count). The Morgan fingerprint density at radius 3 is 3.06 bits per heavy atom. The zero-order valence-corrected chi connectivity index (χ0v) is 10.6. The molecule has 84 valence electrons. The predicted octanol–water partition coefficient (Wildman–Crippen LogP) is 2.12. The molecule has 0 atom stereocenters. The van der Waals surface area contributed by atoms with E-state index in [1.54, 1.807) is 0 Å². The Labute approximate surface area is 101 Å². The van der Waals surface area contributed by atoms with E-state index in [2.05, 4.69) is 25.7 Å². The average Bonchev–Trinajstić information content (AvgIpc) is 2.55. The molecule has 2 heterocycles. The number of rotatable bonds is 2. The van der Waals surface area contributed by atoms with Gasteiger partial charge in [-0.05, 0) is 35.0 Å². The minimum absolute atomic E-state index is 0.244. The van der Waals surface area contributed by atoms with E-state index in [0.29, 0.717) is 0 Å². The second-order valence-electron chi connectivity index (χ2n) is 3.50. The Hall–Kier alpha value is -1.36. The van der Waals surface area contributed by atoms with E-state index < -0.39 is 0 Å². The number of carbonyl (C=O) groups excluding carboxylic acids is 1. The maximum Gasteiger partial charge on any atom is 0.311 e. The van der Waals surface area contributed by atoms with Gasteiger partial charge in [0, 0.05) is 17.6 Å². The van der Waals surface area contributed by atoms with Crippen molar-refractivity contribution in [3.63, 3.8) is 0 Å². The Bertz CT molecular complexity index is 548. The molecule has 0 saturated heterocycles. The topological polar surface area (TPSA) is 43.6 Å². The maximum atomic E-state index is 11.2. The fraction of sp³-hybridized carbons (Fsp3) is 0.273. The summed E-state index contributed by atoms with van der Waals surface area (Å²) >= 11 is 3.43. The molecular weight excluding hydrogens is 272 g/mol. The molecule has 2 aromatic rings. The van der Waals surface area contributed by atoms with Gasteiger partial charge in [0.15, 0.2) is 5.65 Å². The lowest BCUT2D eigenvalue weighted by Gasteiger charge is -2.01. The van der Waals surface area contributed by atoms with Crippen LogP contribution in [-0.2, 0) is 16.0 Å². The van der Waals surface area contributed by atoms with Crippen molar-refractivity contribution >= 4 is 27.5 Å². The lowest BCUT2D eigenvalue weighted by Crippen LogP contribution is -2.06. The number of carbonyl (C=O) groups is 1. The largest absolute Gasteiger partial charge is 0.469 e. The van der Waals surface area contributed by atoms with E-state index in [-0.39, 0.29) is 12.4 Å². The molecule has 0 aliphatic heterocycles. The third kappa shape index (κ3) is 1.95. The van der Waals surface area contributed by atoms with E-state index in [9.17, 15) is 4.79 Å². The number of aromatic nitrogens is 2. The van der Waals surface area contributed by atoms with Crippen LogP contribution in [-0.4, -0.2) is 22.5 Å². The molecule has 0 N–H and O–H groups in total. The summed E-state index contributed by atoms with van der Waals surface area (Å²) in [4.78, 5) is 15.6. The first kappa shape index (κ1) is 11.1. The van der Waals surface area contributed by atoms with Gasteiger partial charge in [-0.25, -0.2) is 4.98 Å². The molecule has 0 unspecified atom stereocenters. The van der Waals surface area contributed by atoms with Gasteiger partial charge in [-0.2, -0.15) is 0 Å². The minimum atomic E-state index is -0.257.